The van der Waals surface area contributed by atoms with Crippen molar-refractivity contribution in [2.24, 2.45) is 0 Å². The van der Waals surface area contributed by atoms with Gasteiger partial charge in [0.1, 0.15) is 11.6 Å². The van der Waals surface area contributed by atoms with Gasteiger partial charge in [0.15, 0.2) is 0 Å². The summed E-state index contributed by atoms with van der Waals surface area (Å²) in [6, 6.07) is 2.67. The summed E-state index contributed by atoms with van der Waals surface area (Å²) in [5.41, 5.74) is 0. The third kappa shape index (κ3) is 2.56. The fourth-order valence-electron chi connectivity index (χ4n) is 2.12. The van der Waals surface area contributed by atoms with E-state index in [9.17, 15) is 0 Å². The molecule has 1 aromatic heterocycles. The fraction of sp³-hybridized carbons (Fsp3) is 0.667. The lowest BCUT2D eigenvalue weighted by atomic mass is 9.93. The molecule has 2 fully saturated rings. The van der Waals surface area contributed by atoms with E-state index in [1.165, 1.54) is 19.3 Å². The number of hydrogen-bond acceptors (Lipinski definition) is 5. The van der Waals surface area contributed by atoms with Crippen LogP contribution in [0.25, 0.3) is 0 Å². The van der Waals surface area contributed by atoms with Crippen LogP contribution in [0.3, 0.4) is 0 Å². The van der Waals surface area contributed by atoms with Gasteiger partial charge in [-0.25, -0.2) is 9.97 Å². The summed E-state index contributed by atoms with van der Waals surface area (Å²) in [5, 5.41) is 6.80. The van der Waals surface area contributed by atoms with Crippen molar-refractivity contribution in [3.05, 3.63) is 18.1 Å². The molecule has 1 aromatic rings. The van der Waals surface area contributed by atoms with Crippen molar-refractivity contribution in [1.82, 2.24) is 15.3 Å². The molecule has 2 N–H and O–H groups in total. The molecule has 1 aliphatic carbocycles. The van der Waals surface area contributed by atoms with Gasteiger partial charge >= 0.3 is 0 Å². The zero-order valence-electron chi connectivity index (χ0n) is 9.85. The molecule has 5 nitrogen and oxygen atoms in total. The Morgan fingerprint density at radius 2 is 2.35 bits per heavy atom. The summed E-state index contributed by atoms with van der Waals surface area (Å²) in [5.74, 6) is 1.76. The van der Waals surface area contributed by atoms with Gasteiger partial charge in [0.2, 0.25) is 0 Å². The highest BCUT2D eigenvalue weighted by Gasteiger charge is 2.20. The van der Waals surface area contributed by atoms with Gasteiger partial charge in [0, 0.05) is 18.8 Å². The first kappa shape index (κ1) is 10.9. The van der Waals surface area contributed by atoms with Crippen LogP contribution in [0, 0.1) is 0 Å². The molecule has 3 rings (SSSR count). The van der Waals surface area contributed by atoms with Gasteiger partial charge in [0.25, 0.3) is 0 Å². The predicted molar refractivity (Wildman–Crippen MR) is 64.9 cm³/mol. The highest BCUT2D eigenvalue weighted by atomic mass is 16.5. The maximum atomic E-state index is 5.43. The van der Waals surface area contributed by atoms with Crippen LogP contribution >= 0.6 is 0 Å². The molecule has 1 aliphatic heterocycles. The Bertz CT molecular complexity index is 375. The second kappa shape index (κ2) is 4.98. The van der Waals surface area contributed by atoms with E-state index < -0.39 is 0 Å². The maximum absolute atomic E-state index is 5.43. The molecule has 0 radical (unpaired) electrons. The van der Waals surface area contributed by atoms with Crippen molar-refractivity contribution in [3.8, 4) is 0 Å². The predicted octanol–water partition coefficient (Wildman–Crippen LogP) is 1.10. The number of nitrogens with one attached hydrogen (secondary N) is 2. The lowest BCUT2D eigenvalue weighted by molar-refractivity contribution is 0.0742. The van der Waals surface area contributed by atoms with Crippen LogP contribution in [0.4, 0.5) is 5.82 Å². The maximum Gasteiger partial charge on any atom is 0.149 e. The van der Waals surface area contributed by atoms with E-state index in [0.717, 1.165) is 24.8 Å². The second-order valence-electron chi connectivity index (χ2n) is 4.65. The van der Waals surface area contributed by atoms with Crippen molar-refractivity contribution >= 4 is 5.82 Å². The number of morpholine rings is 1. The van der Waals surface area contributed by atoms with Crippen LogP contribution in [0.15, 0.2) is 12.3 Å². The van der Waals surface area contributed by atoms with E-state index >= 15 is 0 Å². The van der Waals surface area contributed by atoms with Crippen LogP contribution in [0.2, 0.25) is 0 Å². The number of nitrogens with zero attached hydrogens (tertiary/aromatic N) is 2. The minimum atomic E-state index is 0.131. The number of anilines is 1. The lowest BCUT2D eigenvalue weighted by Gasteiger charge is -2.27. The number of ether oxygens (including phenoxy) is 1. The SMILES string of the molecule is c1cc(NC2CCC2)nc([C@H]2COCCN2)n1. The van der Waals surface area contributed by atoms with Crippen LogP contribution in [0.5, 0.6) is 0 Å². The molecule has 0 amide bonds. The number of hydrogen-bond donors (Lipinski definition) is 2. The summed E-state index contributed by atoms with van der Waals surface area (Å²) >= 11 is 0. The zero-order valence-corrected chi connectivity index (χ0v) is 9.85. The third-order valence-electron chi connectivity index (χ3n) is 3.36. The highest BCUT2D eigenvalue weighted by Crippen LogP contribution is 2.22. The molecule has 0 unspecified atom stereocenters. The van der Waals surface area contributed by atoms with E-state index in [1.54, 1.807) is 0 Å². The topological polar surface area (TPSA) is 59.1 Å². The molecule has 0 aromatic carbocycles. The average Bonchev–Trinajstić information content (AvgIpc) is 2.35. The van der Waals surface area contributed by atoms with Crippen molar-refractivity contribution in [3.63, 3.8) is 0 Å². The molecular formula is C12H18N4O. The van der Waals surface area contributed by atoms with Crippen molar-refractivity contribution in [2.45, 2.75) is 31.3 Å². The molecule has 2 aliphatic rings. The Hall–Kier alpha value is -1.20. The summed E-state index contributed by atoms with van der Waals surface area (Å²) < 4.78 is 5.43. The van der Waals surface area contributed by atoms with Crippen molar-refractivity contribution in [2.75, 3.05) is 25.1 Å². The number of aromatic nitrogens is 2. The Morgan fingerprint density at radius 3 is 3.06 bits per heavy atom. The van der Waals surface area contributed by atoms with Crippen LogP contribution in [-0.2, 0) is 4.74 Å². The molecular weight excluding hydrogens is 216 g/mol. The summed E-state index contributed by atoms with van der Waals surface area (Å²) in [6.07, 6.45) is 5.65. The minimum absolute atomic E-state index is 0.131. The van der Waals surface area contributed by atoms with E-state index in [1.807, 2.05) is 12.3 Å². The largest absolute Gasteiger partial charge is 0.378 e. The average molecular weight is 234 g/mol. The van der Waals surface area contributed by atoms with Crippen LogP contribution in [0.1, 0.15) is 31.1 Å². The fourth-order valence-corrected chi connectivity index (χ4v) is 2.12. The lowest BCUT2D eigenvalue weighted by Crippen LogP contribution is -2.36. The van der Waals surface area contributed by atoms with Crippen LogP contribution < -0.4 is 10.6 Å². The van der Waals surface area contributed by atoms with Gasteiger partial charge in [-0.3, -0.25) is 0 Å². The molecule has 92 valence electrons. The smallest absolute Gasteiger partial charge is 0.149 e. The second-order valence-corrected chi connectivity index (χ2v) is 4.65. The summed E-state index contributed by atoms with van der Waals surface area (Å²) in [7, 11) is 0. The normalized spacial score (nSPS) is 25.3. The Balaban J connectivity index is 1.68. The molecule has 1 atom stereocenters. The quantitative estimate of drug-likeness (QED) is 0.820. The molecule has 0 spiro atoms. The molecule has 2 heterocycles. The zero-order chi connectivity index (χ0) is 11.5. The van der Waals surface area contributed by atoms with Gasteiger partial charge in [-0.1, -0.05) is 0 Å². The highest BCUT2D eigenvalue weighted by molar-refractivity contribution is 5.35. The first-order chi connectivity index (χ1) is 8.42. The van der Waals surface area contributed by atoms with Crippen molar-refractivity contribution in [1.29, 1.82) is 0 Å². The minimum Gasteiger partial charge on any atom is -0.378 e. The van der Waals surface area contributed by atoms with E-state index in [0.29, 0.717) is 12.6 Å². The monoisotopic (exact) mass is 234 g/mol. The molecule has 0 bridgehead atoms. The first-order valence-electron chi connectivity index (χ1n) is 6.32. The Labute approximate surface area is 101 Å². The molecule has 1 saturated carbocycles. The molecule has 1 saturated heterocycles. The van der Waals surface area contributed by atoms with Crippen molar-refractivity contribution < 1.29 is 4.74 Å². The van der Waals surface area contributed by atoms with Gasteiger partial charge in [-0.2, -0.15) is 0 Å². The van der Waals surface area contributed by atoms with E-state index in [2.05, 4.69) is 20.6 Å². The van der Waals surface area contributed by atoms with E-state index in [4.69, 9.17) is 4.74 Å². The summed E-state index contributed by atoms with van der Waals surface area (Å²) in [6.45, 7) is 2.30. The van der Waals surface area contributed by atoms with Gasteiger partial charge in [-0.15, -0.1) is 0 Å². The first-order valence-corrected chi connectivity index (χ1v) is 6.32. The van der Waals surface area contributed by atoms with Crippen LogP contribution in [-0.4, -0.2) is 35.8 Å². The van der Waals surface area contributed by atoms with E-state index in [-0.39, 0.29) is 6.04 Å². The number of rotatable bonds is 3. The molecule has 5 heteroatoms. The molecule has 17 heavy (non-hydrogen) atoms. The Kier molecular flexibility index (Phi) is 3.20. The van der Waals surface area contributed by atoms with Gasteiger partial charge in [0.05, 0.1) is 19.3 Å². The van der Waals surface area contributed by atoms with Gasteiger partial charge in [-0.05, 0) is 25.3 Å². The van der Waals surface area contributed by atoms with Gasteiger partial charge < -0.3 is 15.4 Å². The third-order valence-corrected chi connectivity index (χ3v) is 3.36. The standard InChI is InChI=1S/C12H18N4O/c1-2-9(3-1)15-11-4-5-14-12(16-11)10-8-17-7-6-13-10/h4-5,9-10,13H,1-3,6-8H2,(H,14,15,16)/t10-/m1/s1. The summed E-state index contributed by atoms with van der Waals surface area (Å²) in [4.78, 5) is 8.87. The Morgan fingerprint density at radius 1 is 1.41 bits per heavy atom.